The summed E-state index contributed by atoms with van der Waals surface area (Å²) in [7, 11) is 0. The standard InChI is InChI=1S/C21H18ClFN4O2/c22-14-7-8-15(21(29)26-10-3-4-11-26)18(13-14)24-20(28)17-9-12-27(25-17)19-6-2-1-5-16(19)23/h1-2,5-9,12-13H,3-4,10-11H2,(H,24,28). The number of hydrogen-bond acceptors (Lipinski definition) is 3. The molecule has 0 aliphatic carbocycles. The van der Waals surface area contributed by atoms with Gasteiger partial charge in [0.15, 0.2) is 5.69 Å². The molecule has 1 aliphatic rings. The zero-order chi connectivity index (χ0) is 20.4. The number of anilines is 1. The third kappa shape index (κ3) is 4.00. The van der Waals surface area contributed by atoms with Crippen LogP contribution < -0.4 is 5.32 Å². The van der Waals surface area contributed by atoms with Crippen LogP contribution in [0, 0.1) is 5.82 Å². The number of hydrogen-bond donors (Lipinski definition) is 1. The summed E-state index contributed by atoms with van der Waals surface area (Å²) in [4.78, 5) is 27.3. The van der Waals surface area contributed by atoms with Crippen molar-refractivity contribution in [3.8, 4) is 5.69 Å². The largest absolute Gasteiger partial charge is 0.339 e. The van der Waals surface area contributed by atoms with Crippen LogP contribution in [0.2, 0.25) is 5.02 Å². The quantitative estimate of drug-likeness (QED) is 0.699. The van der Waals surface area contributed by atoms with E-state index in [9.17, 15) is 14.0 Å². The van der Waals surface area contributed by atoms with E-state index in [1.165, 1.54) is 29.1 Å². The molecule has 1 aliphatic heterocycles. The molecular formula is C21H18ClFN4O2. The summed E-state index contributed by atoms with van der Waals surface area (Å²) in [5.41, 5.74) is 1.02. The van der Waals surface area contributed by atoms with Crippen LogP contribution >= 0.6 is 11.6 Å². The zero-order valence-electron chi connectivity index (χ0n) is 15.4. The normalized spacial score (nSPS) is 13.5. The summed E-state index contributed by atoms with van der Waals surface area (Å²) in [6, 6.07) is 12.4. The average Bonchev–Trinajstić information content (AvgIpc) is 3.40. The average molecular weight is 413 g/mol. The van der Waals surface area contributed by atoms with Crippen LogP contribution in [0.1, 0.15) is 33.7 Å². The third-order valence-corrected chi connectivity index (χ3v) is 5.01. The summed E-state index contributed by atoms with van der Waals surface area (Å²) < 4.78 is 15.2. The minimum absolute atomic E-state index is 0.0906. The molecular weight excluding hydrogens is 395 g/mol. The van der Waals surface area contributed by atoms with Crippen molar-refractivity contribution in [2.24, 2.45) is 0 Å². The first-order valence-electron chi connectivity index (χ1n) is 9.24. The highest BCUT2D eigenvalue weighted by molar-refractivity contribution is 6.31. The number of carbonyl (C=O) groups excluding carboxylic acids is 2. The molecule has 2 aromatic carbocycles. The Morgan fingerprint density at radius 2 is 1.83 bits per heavy atom. The SMILES string of the molecule is O=C(Nc1cc(Cl)ccc1C(=O)N1CCCC1)c1ccn(-c2ccccc2F)n1. The number of benzene rings is 2. The van der Waals surface area contributed by atoms with Gasteiger partial charge in [-0.05, 0) is 49.2 Å². The van der Waals surface area contributed by atoms with Crippen molar-refractivity contribution in [2.75, 3.05) is 18.4 Å². The molecule has 4 rings (SSSR count). The minimum atomic E-state index is -0.516. The van der Waals surface area contributed by atoms with Gasteiger partial charge in [0, 0.05) is 24.3 Å². The van der Waals surface area contributed by atoms with Crippen molar-refractivity contribution in [1.82, 2.24) is 14.7 Å². The molecule has 0 radical (unpaired) electrons. The van der Waals surface area contributed by atoms with Gasteiger partial charge in [-0.3, -0.25) is 9.59 Å². The maximum absolute atomic E-state index is 13.9. The van der Waals surface area contributed by atoms with Gasteiger partial charge in [0.1, 0.15) is 11.5 Å². The van der Waals surface area contributed by atoms with Gasteiger partial charge in [0.05, 0.1) is 11.3 Å². The summed E-state index contributed by atoms with van der Waals surface area (Å²) in [6.45, 7) is 1.39. The Kier molecular flexibility index (Phi) is 5.31. The third-order valence-electron chi connectivity index (χ3n) is 4.77. The van der Waals surface area contributed by atoms with E-state index in [2.05, 4.69) is 10.4 Å². The van der Waals surface area contributed by atoms with Gasteiger partial charge in [-0.25, -0.2) is 9.07 Å². The van der Waals surface area contributed by atoms with Crippen molar-refractivity contribution in [3.05, 3.63) is 76.8 Å². The van der Waals surface area contributed by atoms with Crippen LogP contribution in [0.4, 0.5) is 10.1 Å². The molecule has 6 nitrogen and oxygen atoms in total. The van der Waals surface area contributed by atoms with Crippen LogP contribution in [-0.4, -0.2) is 39.6 Å². The minimum Gasteiger partial charge on any atom is -0.339 e. The molecule has 0 saturated carbocycles. The second-order valence-corrected chi connectivity index (χ2v) is 7.18. The molecule has 29 heavy (non-hydrogen) atoms. The maximum atomic E-state index is 13.9. The lowest BCUT2D eigenvalue weighted by atomic mass is 10.1. The lowest BCUT2D eigenvalue weighted by Gasteiger charge is -2.18. The molecule has 1 N–H and O–H groups in total. The van der Waals surface area contributed by atoms with Gasteiger partial charge in [-0.2, -0.15) is 5.10 Å². The van der Waals surface area contributed by atoms with E-state index < -0.39 is 11.7 Å². The van der Waals surface area contributed by atoms with Crippen LogP contribution in [0.3, 0.4) is 0 Å². The van der Waals surface area contributed by atoms with Crippen LogP contribution in [0.15, 0.2) is 54.7 Å². The highest BCUT2D eigenvalue weighted by Crippen LogP contribution is 2.25. The summed E-state index contributed by atoms with van der Waals surface area (Å²) in [5.74, 6) is -1.11. The number of nitrogens with zero attached hydrogens (tertiary/aromatic N) is 3. The molecule has 0 bridgehead atoms. The van der Waals surface area contributed by atoms with Gasteiger partial charge in [-0.15, -0.1) is 0 Å². The fourth-order valence-corrected chi connectivity index (χ4v) is 3.47. The summed E-state index contributed by atoms with van der Waals surface area (Å²) >= 11 is 6.07. The summed E-state index contributed by atoms with van der Waals surface area (Å²) in [6.07, 6.45) is 3.44. The van der Waals surface area contributed by atoms with Gasteiger partial charge >= 0.3 is 0 Å². The number of aromatic nitrogens is 2. The van der Waals surface area contributed by atoms with Crippen molar-refractivity contribution in [1.29, 1.82) is 0 Å². The van der Waals surface area contributed by atoms with Crippen LogP contribution in [0.5, 0.6) is 0 Å². The molecule has 0 atom stereocenters. The molecule has 3 aromatic rings. The number of amides is 2. The van der Waals surface area contributed by atoms with Crippen LogP contribution in [-0.2, 0) is 0 Å². The van der Waals surface area contributed by atoms with E-state index in [-0.39, 0.29) is 17.3 Å². The molecule has 2 amide bonds. The highest BCUT2D eigenvalue weighted by atomic mass is 35.5. The van der Waals surface area contributed by atoms with Crippen LogP contribution in [0.25, 0.3) is 5.69 Å². The topological polar surface area (TPSA) is 67.2 Å². The molecule has 0 spiro atoms. The predicted octanol–water partition coefficient (Wildman–Crippen LogP) is 4.15. The number of nitrogens with one attached hydrogen (secondary N) is 1. The number of likely N-dealkylation sites (tertiary alicyclic amines) is 1. The number of rotatable bonds is 4. The maximum Gasteiger partial charge on any atom is 0.276 e. The van der Waals surface area contributed by atoms with Gasteiger partial charge < -0.3 is 10.2 Å². The first kappa shape index (κ1) is 19.1. The zero-order valence-corrected chi connectivity index (χ0v) is 16.2. The van der Waals surface area contributed by atoms with Gasteiger partial charge in [0.25, 0.3) is 11.8 Å². The Hall–Kier alpha value is -3.19. The lowest BCUT2D eigenvalue weighted by Crippen LogP contribution is -2.29. The van der Waals surface area contributed by atoms with Crippen molar-refractivity contribution in [2.45, 2.75) is 12.8 Å². The van der Waals surface area contributed by atoms with E-state index in [0.29, 0.717) is 29.4 Å². The van der Waals surface area contributed by atoms with Crippen molar-refractivity contribution in [3.63, 3.8) is 0 Å². The molecule has 8 heteroatoms. The number of carbonyl (C=O) groups is 2. The second kappa shape index (κ2) is 8.05. The number of para-hydroxylation sites is 1. The Morgan fingerprint density at radius 3 is 2.59 bits per heavy atom. The molecule has 148 valence electrons. The Balaban J connectivity index is 1.58. The van der Waals surface area contributed by atoms with E-state index in [0.717, 1.165) is 12.8 Å². The van der Waals surface area contributed by atoms with E-state index in [1.807, 2.05) is 0 Å². The van der Waals surface area contributed by atoms with Crippen molar-refractivity contribution >= 4 is 29.1 Å². The van der Waals surface area contributed by atoms with Gasteiger partial charge in [0.2, 0.25) is 0 Å². The first-order valence-corrected chi connectivity index (χ1v) is 9.61. The van der Waals surface area contributed by atoms with E-state index >= 15 is 0 Å². The molecule has 1 aromatic heterocycles. The smallest absolute Gasteiger partial charge is 0.276 e. The highest BCUT2D eigenvalue weighted by Gasteiger charge is 2.23. The molecule has 1 saturated heterocycles. The van der Waals surface area contributed by atoms with Gasteiger partial charge in [-0.1, -0.05) is 23.7 Å². The Labute approximate surface area is 171 Å². The predicted molar refractivity (Wildman–Crippen MR) is 108 cm³/mol. The molecule has 2 heterocycles. The second-order valence-electron chi connectivity index (χ2n) is 6.74. The Bertz CT molecular complexity index is 1080. The Morgan fingerprint density at radius 1 is 1.07 bits per heavy atom. The molecule has 1 fully saturated rings. The fraction of sp³-hybridized carbons (Fsp3) is 0.190. The van der Waals surface area contributed by atoms with E-state index in [1.54, 1.807) is 35.2 Å². The first-order chi connectivity index (χ1) is 14.0. The van der Waals surface area contributed by atoms with Crippen molar-refractivity contribution < 1.29 is 14.0 Å². The monoisotopic (exact) mass is 412 g/mol. The summed E-state index contributed by atoms with van der Waals surface area (Å²) in [5, 5.41) is 7.26. The molecule has 0 unspecified atom stereocenters. The lowest BCUT2D eigenvalue weighted by molar-refractivity contribution is 0.0794. The van der Waals surface area contributed by atoms with E-state index in [4.69, 9.17) is 11.6 Å². The number of halogens is 2. The fourth-order valence-electron chi connectivity index (χ4n) is 3.30.